The molecular formula is C15H17NS2. The third-order valence-corrected chi connectivity index (χ3v) is 4.85. The monoisotopic (exact) mass is 275 g/mol. The van der Waals surface area contributed by atoms with Crippen LogP contribution in [0.5, 0.6) is 0 Å². The predicted molar refractivity (Wildman–Crippen MR) is 82.2 cm³/mol. The lowest BCUT2D eigenvalue weighted by Crippen LogP contribution is -1.90. The molecule has 0 bridgehead atoms. The summed E-state index contributed by atoms with van der Waals surface area (Å²) < 4.78 is 0. The molecule has 2 rings (SSSR count). The summed E-state index contributed by atoms with van der Waals surface area (Å²) in [4.78, 5) is 5.38. The van der Waals surface area contributed by atoms with Gasteiger partial charge in [0.1, 0.15) is 0 Å². The van der Waals surface area contributed by atoms with Gasteiger partial charge in [-0.1, -0.05) is 12.1 Å². The van der Waals surface area contributed by atoms with Crippen LogP contribution in [-0.4, -0.2) is 11.2 Å². The van der Waals surface area contributed by atoms with Crippen LogP contribution in [0, 0.1) is 0 Å². The molecule has 0 aliphatic carbocycles. The topological polar surface area (TPSA) is 12.9 Å². The number of thioether (sulfide) groups is 2. The van der Waals surface area contributed by atoms with Crippen LogP contribution in [0.3, 0.4) is 0 Å². The molecule has 0 radical (unpaired) electrons. The quantitative estimate of drug-likeness (QED) is 0.728. The summed E-state index contributed by atoms with van der Waals surface area (Å²) in [5.74, 6) is 1.05. The summed E-state index contributed by atoms with van der Waals surface area (Å²) >= 11 is 3.75. The summed E-state index contributed by atoms with van der Waals surface area (Å²) in [5.41, 5.74) is 2.73. The van der Waals surface area contributed by atoms with Gasteiger partial charge in [0.15, 0.2) is 0 Å². The minimum absolute atomic E-state index is 0.508. The Balaban J connectivity index is 1.91. The molecule has 0 saturated heterocycles. The van der Waals surface area contributed by atoms with Crippen molar-refractivity contribution in [3.05, 3.63) is 59.9 Å². The number of pyridine rings is 1. The second-order valence-corrected chi connectivity index (χ2v) is 6.29. The second-order valence-electron chi connectivity index (χ2n) is 4.08. The maximum absolute atomic E-state index is 4.05. The third kappa shape index (κ3) is 3.79. The van der Waals surface area contributed by atoms with Crippen molar-refractivity contribution in [3.8, 4) is 0 Å². The lowest BCUT2D eigenvalue weighted by molar-refractivity contribution is 1.08. The molecule has 1 aromatic carbocycles. The molecule has 0 aliphatic heterocycles. The Labute approximate surface area is 117 Å². The van der Waals surface area contributed by atoms with Crippen LogP contribution in [0.4, 0.5) is 0 Å². The lowest BCUT2D eigenvalue weighted by atomic mass is 10.2. The number of nitrogens with zero attached hydrogens (tertiary/aromatic N) is 1. The normalized spacial score (nSPS) is 12.3. The van der Waals surface area contributed by atoms with Gasteiger partial charge in [-0.05, 0) is 48.6 Å². The Hall–Kier alpha value is -0.930. The third-order valence-electron chi connectivity index (χ3n) is 2.83. The average Bonchev–Trinajstić information content (AvgIpc) is 2.46. The van der Waals surface area contributed by atoms with Crippen molar-refractivity contribution < 1.29 is 0 Å². The van der Waals surface area contributed by atoms with Crippen LogP contribution in [0.15, 0.2) is 53.7 Å². The fourth-order valence-electron chi connectivity index (χ4n) is 1.67. The van der Waals surface area contributed by atoms with Crippen LogP contribution < -0.4 is 0 Å². The van der Waals surface area contributed by atoms with E-state index in [1.54, 1.807) is 11.8 Å². The Morgan fingerprint density at radius 2 is 1.72 bits per heavy atom. The van der Waals surface area contributed by atoms with E-state index in [1.807, 2.05) is 24.2 Å². The SMILES string of the molecule is CSc1ccc(CSC(C)c2ccncc2)cc1. The Morgan fingerprint density at radius 1 is 1.06 bits per heavy atom. The van der Waals surface area contributed by atoms with E-state index in [9.17, 15) is 0 Å². The molecule has 94 valence electrons. The standard InChI is InChI=1S/C15H17NS2/c1-12(14-7-9-16-10-8-14)18-11-13-3-5-15(17-2)6-4-13/h3-10,12H,11H2,1-2H3. The predicted octanol–water partition coefficient (Wildman–Crippen LogP) is 4.80. The van der Waals surface area contributed by atoms with Gasteiger partial charge in [-0.3, -0.25) is 4.98 Å². The van der Waals surface area contributed by atoms with E-state index in [0.717, 1.165) is 5.75 Å². The maximum atomic E-state index is 4.05. The van der Waals surface area contributed by atoms with Gasteiger partial charge in [-0.2, -0.15) is 0 Å². The Morgan fingerprint density at radius 3 is 2.33 bits per heavy atom. The molecule has 0 fully saturated rings. The average molecular weight is 275 g/mol. The molecule has 1 atom stereocenters. The summed E-state index contributed by atoms with van der Waals surface area (Å²) in [6, 6.07) is 13.0. The molecule has 0 spiro atoms. The van der Waals surface area contributed by atoms with Crippen molar-refractivity contribution in [3.63, 3.8) is 0 Å². The summed E-state index contributed by atoms with van der Waals surface area (Å²) in [6.07, 6.45) is 5.83. The van der Waals surface area contributed by atoms with Crippen molar-refractivity contribution in [2.24, 2.45) is 0 Å². The fourth-order valence-corrected chi connectivity index (χ4v) is 3.07. The molecule has 0 N–H and O–H groups in total. The second kappa shape index (κ2) is 6.86. The van der Waals surface area contributed by atoms with E-state index in [4.69, 9.17) is 0 Å². The van der Waals surface area contributed by atoms with Gasteiger partial charge in [0.05, 0.1) is 0 Å². The van der Waals surface area contributed by atoms with Crippen molar-refractivity contribution in [1.82, 2.24) is 4.98 Å². The van der Waals surface area contributed by atoms with Gasteiger partial charge in [0.2, 0.25) is 0 Å². The number of benzene rings is 1. The highest BCUT2D eigenvalue weighted by molar-refractivity contribution is 7.98. The van der Waals surface area contributed by atoms with Crippen molar-refractivity contribution in [2.75, 3.05) is 6.26 Å². The lowest BCUT2D eigenvalue weighted by Gasteiger charge is -2.11. The Kier molecular flexibility index (Phi) is 5.14. The molecule has 2 aromatic rings. The molecule has 3 heteroatoms. The molecule has 18 heavy (non-hydrogen) atoms. The van der Waals surface area contributed by atoms with Crippen molar-refractivity contribution in [2.45, 2.75) is 22.8 Å². The van der Waals surface area contributed by atoms with E-state index in [1.165, 1.54) is 16.0 Å². The van der Waals surface area contributed by atoms with Crippen LogP contribution in [0.25, 0.3) is 0 Å². The van der Waals surface area contributed by atoms with Gasteiger partial charge in [-0.15, -0.1) is 23.5 Å². The number of hydrogen-bond donors (Lipinski definition) is 0. The van der Waals surface area contributed by atoms with Gasteiger partial charge >= 0.3 is 0 Å². The molecule has 1 aromatic heterocycles. The molecule has 0 amide bonds. The van der Waals surface area contributed by atoms with E-state index >= 15 is 0 Å². The van der Waals surface area contributed by atoms with E-state index < -0.39 is 0 Å². The highest BCUT2D eigenvalue weighted by atomic mass is 32.2. The van der Waals surface area contributed by atoms with Gasteiger partial charge in [0.25, 0.3) is 0 Å². The van der Waals surface area contributed by atoms with E-state index in [0.29, 0.717) is 5.25 Å². The van der Waals surface area contributed by atoms with E-state index in [2.05, 4.69) is 54.6 Å². The number of aromatic nitrogens is 1. The van der Waals surface area contributed by atoms with Gasteiger partial charge in [-0.25, -0.2) is 0 Å². The van der Waals surface area contributed by atoms with E-state index in [-0.39, 0.29) is 0 Å². The first-order chi connectivity index (χ1) is 8.79. The number of rotatable bonds is 5. The first-order valence-corrected chi connectivity index (χ1v) is 8.21. The van der Waals surface area contributed by atoms with Crippen LogP contribution in [-0.2, 0) is 5.75 Å². The summed E-state index contributed by atoms with van der Waals surface area (Å²) in [6.45, 7) is 2.25. The highest BCUT2D eigenvalue weighted by Crippen LogP contribution is 2.30. The summed E-state index contributed by atoms with van der Waals surface area (Å²) in [7, 11) is 0. The van der Waals surface area contributed by atoms with Gasteiger partial charge in [0, 0.05) is 28.3 Å². The van der Waals surface area contributed by atoms with Crippen LogP contribution in [0.1, 0.15) is 23.3 Å². The summed E-state index contributed by atoms with van der Waals surface area (Å²) in [5, 5.41) is 0.508. The Bertz CT molecular complexity index is 468. The smallest absolute Gasteiger partial charge is 0.0273 e. The zero-order valence-electron chi connectivity index (χ0n) is 10.7. The fraction of sp³-hybridized carbons (Fsp3) is 0.267. The van der Waals surface area contributed by atoms with Gasteiger partial charge < -0.3 is 0 Å². The van der Waals surface area contributed by atoms with Crippen LogP contribution in [0.2, 0.25) is 0 Å². The first-order valence-electron chi connectivity index (χ1n) is 5.94. The van der Waals surface area contributed by atoms with Crippen molar-refractivity contribution >= 4 is 23.5 Å². The molecule has 0 saturated carbocycles. The molecule has 1 heterocycles. The first kappa shape index (κ1) is 13.5. The minimum Gasteiger partial charge on any atom is -0.265 e. The maximum Gasteiger partial charge on any atom is 0.0273 e. The van der Waals surface area contributed by atoms with Crippen LogP contribution >= 0.6 is 23.5 Å². The molecule has 0 aliphatic rings. The minimum atomic E-state index is 0.508. The highest BCUT2D eigenvalue weighted by Gasteiger charge is 2.05. The zero-order valence-corrected chi connectivity index (χ0v) is 12.3. The molecular weight excluding hydrogens is 258 g/mol. The van der Waals surface area contributed by atoms with Crippen molar-refractivity contribution in [1.29, 1.82) is 0 Å². The number of hydrogen-bond acceptors (Lipinski definition) is 3. The molecule has 1 nitrogen and oxygen atoms in total. The zero-order chi connectivity index (χ0) is 12.8. The molecule has 1 unspecified atom stereocenters. The largest absolute Gasteiger partial charge is 0.265 e.